The van der Waals surface area contributed by atoms with Gasteiger partial charge in [0.25, 0.3) is 0 Å². The summed E-state index contributed by atoms with van der Waals surface area (Å²) in [4.78, 5) is 8.83. The molecule has 0 unspecified atom stereocenters. The van der Waals surface area contributed by atoms with Crippen LogP contribution in [0.2, 0.25) is 0 Å². The zero-order valence-electron chi connectivity index (χ0n) is 29.1. The third-order valence-electron chi connectivity index (χ3n) is 8.38. The summed E-state index contributed by atoms with van der Waals surface area (Å²) < 4.78 is 10.8. The second kappa shape index (κ2) is 14.2. The molecule has 0 fully saturated rings. The van der Waals surface area contributed by atoms with Crippen LogP contribution in [-0.2, 0) is 10.8 Å². The van der Waals surface area contributed by atoms with Gasteiger partial charge in [-0.2, -0.15) is 0 Å². The Kier molecular flexibility index (Phi) is 9.68. The Bertz CT molecular complexity index is 1990. The molecule has 0 saturated heterocycles. The van der Waals surface area contributed by atoms with E-state index in [-0.39, 0.29) is 17.6 Å². The van der Waals surface area contributed by atoms with Crippen molar-refractivity contribution in [3.63, 3.8) is 0 Å². The van der Waals surface area contributed by atoms with Crippen LogP contribution in [0.1, 0.15) is 52.7 Å². The number of nitrogens with zero attached hydrogens (tertiary/aromatic N) is 2. The van der Waals surface area contributed by atoms with E-state index in [1.165, 1.54) is 27.8 Å². The lowest BCUT2D eigenvalue weighted by molar-refractivity contribution is 0.174. The molecule has 7 rings (SSSR count). The lowest BCUT2D eigenvalue weighted by Crippen LogP contribution is -2.10. The molecule has 0 atom stereocenters. The number of pyridine rings is 2. The fourth-order valence-electron chi connectivity index (χ4n) is 5.47. The highest BCUT2D eigenvalue weighted by molar-refractivity contribution is 5.70. The van der Waals surface area contributed by atoms with E-state index in [0.717, 1.165) is 40.1 Å². The van der Waals surface area contributed by atoms with Crippen molar-refractivity contribution in [1.29, 1.82) is 0 Å². The van der Waals surface area contributed by atoms with Gasteiger partial charge in [0.2, 0.25) is 6.79 Å². The van der Waals surface area contributed by atoms with E-state index in [0.29, 0.717) is 0 Å². The molecule has 0 saturated carbocycles. The number of benzene rings is 4. The van der Waals surface area contributed by atoms with Crippen LogP contribution in [0.3, 0.4) is 0 Å². The van der Waals surface area contributed by atoms with Gasteiger partial charge in [0, 0.05) is 29.8 Å². The van der Waals surface area contributed by atoms with E-state index in [9.17, 15) is 0 Å². The highest BCUT2D eigenvalue weighted by Gasteiger charge is 2.15. The van der Waals surface area contributed by atoms with E-state index in [4.69, 9.17) is 9.47 Å². The largest absolute Gasteiger partial charge is 0.454 e. The van der Waals surface area contributed by atoms with E-state index in [2.05, 4.69) is 123 Å². The zero-order chi connectivity index (χ0) is 34.4. The van der Waals surface area contributed by atoms with Crippen LogP contribution in [0.25, 0.3) is 22.3 Å². The predicted molar refractivity (Wildman–Crippen MR) is 202 cm³/mol. The number of ether oxygens (including phenoxy) is 2. The standard InChI is InChI=1S/C22H22N2O2.C21H22N2/c1-22(2,3)17-6-4-15(5-7-17)16-10-11-23-21(12-16)24-18-8-9-19-20(13-18)26-14-25-19;1-21(2,3)18-11-9-16(10-12-18)17-13-14-22-20(15-17)23-19-7-5-4-6-8-19/h4-13H,14H2,1-3H3,(H,23,24);4-15H,1-3H3,(H,22,23). The van der Waals surface area contributed by atoms with E-state index >= 15 is 0 Å². The molecule has 0 bridgehead atoms. The summed E-state index contributed by atoms with van der Waals surface area (Å²) in [7, 11) is 0. The maximum Gasteiger partial charge on any atom is 0.231 e. The number of fused-ring (bicyclic) bond motifs is 1. The predicted octanol–water partition coefficient (Wildman–Crippen LogP) is 11.3. The first-order chi connectivity index (χ1) is 23.5. The molecule has 0 amide bonds. The van der Waals surface area contributed by atoms with Crippen molar-refractivity contribution in [2.45, 2.75) is 52.4 Å². The minimum absolute atomic E-state index is 0.156. The lowest BCUT2D eigenvalue weighted by atomic mass is 9.86. The van der Waals surface area contributed by atoms with Gasteiger partial charge in [0.15, 0.2) is 11.5 Å². The molecule has 49 heavy (non-hydrogen) atoms. The molecule has 0 aliphatic carbocycles. The Labute approximate surface area is 290 Å². The average Bonchev–Trinajstić information content (AvgIpc) is 3.57. The van der Waals surface area contributed by atoms with Crippen LogP contribution >= 0.6 is 0 Å². The van der Waals surface area contributed by atoms with Crippen molar-refractivity contribution in [3.8, 4) is 33.8 Å². The van der Waals surface area contributed by atoms with Gasteiger partial charge in [0.1, 0.15) is 11.6 Å². The highest BCUT2D eigenvalue weighted by Crippen LogP contribution is 2.35. The number of rotatable bonds is 6. The molecule has 6 nitrogen and oxygen atoms in total. The fourth-order valence-corrected chi connectivity index (χ4v) is 5.47. The van der Waals surface area contributed by atoms with Crippen molar-refractivity contribution in [2.75, 3.05) is 17.4 Å². The summed E-state index contributed by atoms with van der Waals surface area (Å²) in [6, 6.07) is 41.6. The molecule has 1 aliphatic rings. The molecule has 0 radical (unpaired) electrons. The maximum atomic E-state index is 5.43. The van der Waals surface area contributed by atoms with Crippen molar-refractivity contribution in [2.24, 2.45) is 0 Å². The first-order valence-corrected chi connectivity index (χ1v) is 16.6. The molecule has 0 spiro atoms. The summed E-state index contributed by atoms with van der Waals surface area (Å²) >= 11 is 0. The van der Waals surface area contributed by atoms with Crippen LogP contribution in [-0.4, -0.2) is 16.8 Å². The zero-order valence-corrected chi connectivity index (χ0v) is 29.1. The molecule has 2 aromatic heterocycles. The minimum atomic E-state index is 0.156. The summed E-state index contributed by atoms with van der Waals surface area (Å²) in [5, 5.41) is 6.67. The van der Waals surface area contributed by atoms with Gasteiger partial charge in [-0.15, -0.1) is 0 Å². The number of anilines is 4. The van der Waals surface area contributed by atoms with Gasteiger partial charge >= 0.3 is 0 Å². The van der Waals surface area contributed by atoms with Crippen molar-refractivity contribution in [3.05, 3.63) is 145 Å². The fraction of sp³-hybridized carbons (Fsp3) is 0.209. The molecule has 1 aliphatic heterocycles. The smallest absolute Gasteiger partial charge is 0.231 e. The van der Waals surface area contributed by atoms with Crippen LogP contribution in [0.5, 0.6) is 11.5 Å². The van der Waals surface area contributed by atoms with Crippen LogP contribution in [0.4, 0.5) is 23.0 Å². The van der Waals surface area contributed by atoms with Crippen molar-refractivity contribution < 1.29 is 9.47 Å². The van der Waals surface area contributed by atoms with Gasteiger partial charge < -0.3 is 20.1 Å². The van der Waals surface area contributed by atoms with Gasteiger partial charge in [-0.1, -0.05) is 108 Å². The van der Waals surface area contributed by atoms with Gasteiger partial charge in [-0.25, -0.2) is 9.97 Å². The minimum Gasteiger partial charge on any atom is -0.454 e. The van der Waals surface area contributed by atoms with Crippen LogP contribution in [0.15, 0.2) is 134 Å². The van der Waals surface area contributed by atoms with Crippen LogP contribution < -0.4 is 20.1 Å². The molecule has 6 aromatic rings. The summed E-state index contributed by atoms with van der Waals surface area (Å²) in [6.07, 6.45) is 3.67. The molecule has 248 valence electrons. The molecule has 4 aromatic carbocycles. The SMILES string of the molecule is CC(C)(C)c1ccc(-c2ccnc(Nc3ccc4c(c3)OCO4)c2)cc1.CC(C)(C)c1ccc(-c2ccnc(Nc3ccccc3)c2)cc1. The van der Waals surface area contributed by atoms with Gasteiger partial charge in [-0.05, 0) is 92.7 Å². The Hall–Kier alpha value is -5.62. The van der Waals surface area contributed by atoms with E-state index < -0.39 is 0 Å². The Balaban J connectivity index is 0.000000171. The van der Waals surface area contributed by atoms with Gasteiger partial charge in [0.05, 0.1) is 0 Å². The summed E-state index contributed by atoms with van der Waals surface area (Å²) in [5.74, 6) is 3.18. The second-order valence-electron chi connectivity index (χ2n) is 14.2. The summed E-state index contributed by atoms with van der Waals surface area (Å²) in [5.41, 5.74) is 9.64. The monoisotopic (exact) mass is 648 g/mol. The number of nitrogens with one attached hydrogen (secondary N) is 2. The quantitative estimate of drug-likeness (QED) is 0.187. The maximum absolute atomic E-state index is 5.43. The number of aromatic nitrogens is 2. The number of hydrogen-bond donors (Lipinski definition) is 2. The molecule has 6 heteroatoms. The van der Waals surface area contributed by atoms with Gasteiger partial charge in [-0.3, -0.25) is 0 Å². The molecular weight excluding hydrogens is 604 g/mol. The Morgan fingerprint density at radius 3 is 1.47 bits per heavy atom. The van der Waals surface area contributed by atoms with E-state index in [1.807, 2.05) is 73.1 Å². The number of hydrogen-bond acceptors (Lipinski definition) is 6. The third kappa shape index (κ3) is 8.65. The topological polar surface area (TPSA) is 68.3 Å². The Morgan fingerprint density at radius 1 is 0.469 bits per heavy atom. The average molecular weight is 649 g/mol. The second-order valence-corrected chi connectivity index (χ2v) is 14.2. The molecule has 2 N–H and O–H groups in total. The van der Waals surface area contributed by atoms with Crippen molar-refractivity contribution >= 4 is 23.0 Å². The molecule has 3 heterocycles. The van der Waals surface area contributed by atoms with Crippen molar-refractivity contribution in [1.82, 2.24) is 9.97 Å². The molecular formula is C43H44N4O2. The summed E-state index contributed by atoms with van der Waals surface area (Å²) in [6.45, 7) is 13.6. The van der Waals surface area contributed by atoms with Crippen LogP contribution in [0, 0.1) is 0 Å². The normalized spacial score (nSPS) is 12.1. The van der Waals surface area contributed by atoms with E-state index in [1.54, 1.807) is 0 Å². The first kappa shape index (κ1) is 33.3. The Morgan fingerprint density at radius 2 is 0.959 bits per heavy atom. The lowest BCUT2D eigenvalue weighted by Gasteiger charge is -2.19. The highest BCUT2D eigenvalue weighted by atomic mass is 16.7. The first-order valence-electron chi connectivity index (χ1n) is 16.6. The third-order valence-corrected chi connectivity index (χ3v) is 8.38. The number of para-hydroxylation sites is 1.